The molecular formula is C15H14O3S2. The summed E-state index contributed by atoms with van der Waals surface area (Å²) in [6.45, 7) is 0. The lowest BCUT2D eigenvalue weighted by Crippen LogP contribution is -2.15. The summed E-state index contributed by atoms with van der Waals surface area (Å²) in [5.41, 5.74) is 2.34. The van der Waals surface area contributed by atoms with Crippen molar-refractivity contribution in [1.29, 1.82) is 0 Å². The first-order valence-corrected chi connectivity index (χ1v) is 9.01. The van der Waals surface area contributed by atoms with Crippen molar-refractivity contribution in [2.45, 2.75) is 24.2 Å². The van der Waals surface area contributed by atoms with Gasteiger partial charge in [-0.3, -0.25) is 4.79 Å². The van der Waals surface area contributed by atoms with E-state index in [0.29, 0.717) is 4.88 Å². The number of ketones is 1. The normalized spacial score (nSPS) is 14.2. The van der Waals surface area contributed by atoms with E-state index < -0.39 is 15.6 Å². The summed E-state index contributed by atoms with van der Waals surface area (Å²) in [5, 5.41) is 1.77. The van der Waals surface area contributed by atoms with Gasteiger partial charge in [-0.15, -0.1) is 11.3 Å². The molecule has 0 radical (unpaired) electrons. The lowest BCUT2D eigenvalue weighted by Gasteiger charge is -2.06. The first kappa shape index (κ1) is 13.5. The van der Waals surface area contributed by atoms with Gasteiger partial charge in [-0.1, -0.05) is 12.1 Å². The lowest BCUT2D eigenvalue weighted by atomic mass is 10.1. The summed E-state index contributed by atoms with van der Waals surface area (Å²) >= 11 is 1.27. The van der Waals surface area contributed by atoms with Gasteiger partial charge in [0.15, 0.2) is 15.6 Å². The lowest BCUT2D eigenvalue weighted by molar-refractivity contribution is 0.102. The number of rotatable bonds is 4. The highest BCUT2D eigenvalue weighted by atomic mass is 32.2. The second-order valence-electron chi connectivity index (χ2n) is 4.94. The predicted molar refractivity (Wildman–Crippen MR) is 79.2 cm³/mol. The zero-order valence-corrected chi connectivity index (χ0v) is 12.5. The molecule has 0 fully saturated rings. The third-order valence-corrected chi connectivity index (χ3v) is 6.07. The van der Waals surface area contributed by atoms with Crippen molar-refractivity contribution in [3.05, 3.63) is 51.7 Å². The molecular weight excluding hydrogens is 292 g/mol. The fourth-order valence-electron chi connectivity index (χ4n) is 2.51. The molecule has 0 aliphatic heterocycles. The molecule has 1 aromatic carbocycles. The van der Waals surface area contributed by atoms with Crippen LogP contribution in [0.4, 0.5) is 0 Å². The quantitative estimate of drug-likeness (QED) is 0.816. The Labute approximate surface area is 122 Å². The Morgan fingerprint density at radius 1 is 1.15 bits per heavy atom. The van der Waals surface area contributed by atoms with Gasteiger partial charge in [0.1, 0.15) is 5.75 Å². The summed E-state index contributed by atoms with van der Waals surface area (Å²) in [7, 11) is -3.55. The fraction of sp³-hybridized carbons (Fsp3) is 0.267. The van der Waals surface area contributed by atoms with E-state index in [1.807, 2.05) is 6.07 Å². The number of hydrogen-bond acceptors (Lipinski definition) is 4. The highest BCUT2D eigenvalue weighted by molar-refractivity contribution is 7.92. The van der Waals surface area contributed by atoms with E-state index >= 15 is 0 Å². The van der Waals surface area contributed by atoms with Crippen molar-refractivity contribution in [3.8, 4) is 0 Å². The van der Waals surface area contributed by atoms with Crippen molar-refractivity contribution in [3.63, 3.8) is 0 Å². The van der Waals surface area contributed by atoms with Gasteiger partial charge in [0.2, 0.25) is 0 Å². The maximum atomic E-state index is 12.3. The molecule has 0 saturated heterocycles. The van der Waals surface area contributed by atoms with Crippen LogP contribution in [0.1, 0.15) is 27.2 Å². The molecule has 0 N–H and O–H groups in total. The molecule has 1 aliphatic rings. The molecule has 0 unspecified atom stereocenters. The first-order chi connectivity index (χ1) is 9.56. The number of Topliss-reactive ketones (excluding diaryl/α,β-unsaturated/α-hetero) is 1. The fourth-order valence-corrected chi connectivity index (χ4v) is 4.53. The van der Waals surface area contributed by atoms with Gasteiger partial charge in [0.25, 0.3) is 0 Å². The van der Waals surface area contributed by atoms with Gasteiger partial charge >= 0.3 is 0 Å². The van der Waals surface area contributed by atoms with E-state index in [0.717, 1.165) is 24.8 Å². The van der Waals surface area contributed by atoms with Crippen LogP contribution in [0.25, 0.3) is 0 Å². The molecule has 2 aromatic rings. The van der Waals surface area contributed by atoms with E-state index in [1.165, 1.54) is 16.9 Å². The molecule has 0 saturated carbocycles. The van der Waals surface area contributed by atoms with Crippen molar-refractivity contribution in [2.75, 3.05) is 5.75 Å². The van der Waals surface area contributed by atoms with E-state index in [4.69, 9.17) is 0 Å². The summed E-state index contributed by atoms with van der Waals surface area (Å²) in [5.74, 6) is -0.785. The number of benzene rings is 1. The molecule has 1 aromatic heterocycles. The monoisotopic (exact) mass is 306 g/mol. The number of carbonyl (C=O) groups excluding carboxylic acids is 1. The number of thiophene rings is 1. The zero-order valence-electron chi connectivity index (χ0n) is 10.8. The third-order valence-electron chi connectivity index (χ3n) is 3.55. The SMILES string of the molecule is O=C(CS(=O)(=O)c1ccc2c(c1)CCC2)c1cccs1. The molecule has 1 aliphatic carbocycles. The first-order valence-electron chi connectivity index (χ1n) is 6.47. The number of hydrogen-bond donors (Lipinski definition) is 0. The molecule has 104 valence electrons. The highest BCUT2D eigenvalue weighted by Gasteiger charge is 2.22. The van der Waals surface area contributed by atoms with Crippen LogP contribution in [0.2, 0.25) is 0 Å². The minimum absolute atomic E-state index is 0.267. The summed E-state index contributed by atoms with van der Waals surface area (Å²) in [6.07, 6.45) is 3.02. The van der Waals surface area contributed by atoms with E-state index in [-0.39, 0.29) is 10.7 Å². The van der Waals surface area contributed by atoms with Crippen molar-refractivity contribution in [2.24, 2.45) is 0 Å². The van der Waals surface area contributed by atoms with Crippen LogP contribution in [0, 0.1) is 0 Å². The standard InChI is InChI=1S/C15H14O3S2/c16-14(15-5-2-8-19-15)10-20(17,18)13-7-6-11-3-1-4-12(11)9-13/h2,5-9H,1,3-4,10H2. The number of aryl methyl sites for hydroxylation is 2. The van der Waals surface area contributed by atoms with Crippen LogP contribution in [0.3, 0.4) is 0 Å². The van der Waals surface area contributed by atoms with Crippen LogP contribution in [-0.2, 0) is 22.7 Å². The average molecular weight is 306 g/mol. The van der Waals surface area contributed by atoms with Crippen LogP contribution < -0.4 is 0 Å². The summed E-state index contributed by atoms with van der Waals surface area (Å²) in [4.78, 5) is 12.7. The van der Waals surface area contributed by atoms with Gasteiger partial charge in [-0.05, 0) is 54.0 Å². The smallest absolute Gasteiger partial charge is 0.188 e. The van der Waals surface area contributed by atoms with Gasteiger partial charge < -0.3 is 0 Å². The largest absolute Gasteiger partial charge is 0.292 e. The Bertz CT molecular complexity index is 743. The van der Waals surface area contributed by atoms with Crippen LogP contribution in [-0.4, -0.2) is 20.0 Å². The summed E-state index contributed by atoms with van der Waals surface area (Å²) in [6, 6.07) is 8.65. The number of sulfone groups is 1. The number of carbonyl (C=O) groups is 1. The van der Waals surface area contributed by atoms with Gasteiger partial charge in [-0.25, -0.2) is 8.42 Å². The maximum absolute atomic E-state index is 12.3. The molecule has 3 nitrogen and oxygen atoms in total. The van der Waals surface area contributed by atoms with Gasteiger partial charge in [-0.2, -0.15) is 0 Å². The average Bonchev–Trinajstić information content (AvgIpc) is 3.08. The number of fused-ring (bicyclic) bond motifs is 1. The Hall–Kier alpha value is -1.46. The van der Waals surface area contributed by atoms with E-state index in [9.17, 15) is 13.2 Å². The Morgan fingerprint density at radius 3 is 2.70 bits per heavy atom. The van der Waals surface area contributed by atoms with Crippen molar-refractivity contribution < 1.29 is 13.2 Å². The highest BCUT2D eigenvalue weighted by Crippen LogP contribution is 2.25. The Balaban J connectivity index is 1.87. The second-order valence-corrected chi connectivity index (χ2v) is 7.88. The van der Waals surface area contributed by atoms with Gasteiger partial charge in [0.05, 0.1) is 9.77 Å². The Kier molecular flexibility index (Phi) is 3.48. The van der Waals surface area contributed by atoms with E-state index in [1.54, 1.807) is 29.6 Å². The van der Waals surface area contributed by atoms with Crippen molar-refractivity contribution in [1.82, 2.24) is 0 Å². The van der Waals surface area contributed by atoms with Crippen LogP contribution >= 0.6 is 11.3 Å². The third kappa shape index (κ3) is 2.55. The summed E-state index contributed by atoms with van der Waals surface area (Å²) < 4.78 is 24.6. The topological polar surface area (TPSA) is 51.2 Å². The second kappa shape index (κ2) is 5.14. The molecule has 1 heterocycles. The molecule has 0 spiro atoms. The molecule has 0 amide bonds. The molecule has 0 atom stereocenters. The molecule has 20 heavy (non-hydrogen) atoms. The van der Waals surface area contributed by atoms with Gasteiger partial charge in [0, 0.05) is 0 Å². The minimum Gasteiger partial charge on any atom is -0.292 e. The van der Waals surface area contributed by atoms with E-state index in [2.05, 4.69) is 0 Å². The Morgan fingerprint density at radius 2 is 1.95 bits per heavy atom. The molecule has 0 bridgehead atoms. The predicted octanol–water partition coefficient (Wildman–Crippen LogP) is 2.89. The molecule has 3 rings (SSSR count). The maximum Gasteiger partial charge on any atom is 0.188 e. The minimum atomic E-state index is -3.55. The van der Waals surface area contributed by atoms with Crippen LogP contribution in [0.15, 0.2) is 40.6 Å². The zero-order chi connectivity index (χ0) is 14.2. The molecule has 5 heteroatoms. The van der Waals surface area contributed by atoms with Crippen molar-refractivity contribution >= 4 is 27.0 Å². The van der Waals surface area contributed by atoms with Crippen LogP contribution in [0.5, 0.6) is 0 Å².